The number of alkyl halides is 1. The number of unbranched alkanes of at least 4 members (excludes halogenated alkanes) is 6. The lowest BCUT2D eigenvalue weighted by molar-refractivity contribution is 0.590. The molecule has 0 N–H and O–H groups in total. The Morgan fingerprint density at radius 2 is 1.29 bits per heavy atom. The molecule has 0 aliphatic rings. The number of aryl methyl sites for hydroxylation is 1. The molecule has 96 valence electrons. The van der Waals surface area contributed by atoms with Crippen LogP contribution in [0, 0.1) is 3.57 Å². The molecular weight excluding hydrogens is 343 g/mol. The van der Waals surface area contributed by atoms with Crippen LogP contribution in [0.3, 0.4) is 0 Å². The smallest absolute Gasteiger partial charge is 0.0223 e. The SMILES string of the molecule is ClCCCCCCCCCc1ccc(I)cc1. The average Bonchev–Trinajstić information content (AvgIpc) is 2.35. The van der Waals surface area contributed by atoms with Crippen molar-refractivity contribution in [3.63, 3.8) is 0 Å². The summed E-state index contributed by atoms with van der Waals surface area (Å²) in [5.41, 5.74) is 1.48. The third kappa shape index (κ3) is 8.04. The zero-order valence-electron chi connectivity index (χ0n) is 10.4. The van der Waals surface area contributed by atoms with Gasteiger partial charge in [-0.15, -0.1) is 11.6 Å². The zero-order chi connectivity index (χ0) is 12.3. The molecule has 0 nitrogen and oxygen atoms in total. The molecule has 17 heavy (non-hydrogen) atoms. The van der Waals surface area contributed by atoms with E-state index in [1.165, 1.54) is 60.5 Å². The largest absolute Gasteiger partial charge is 0.127 e. The molecule has 0 atom stereocenters. The van der Waals surface area contributed by atoms with Crippen LogP contribution in [0.25, 0.3) is 0 Å². The van der Waals surface area contributed by atoms with Crippen molar-refractivity contribution in [2.75, 3.05) is 5.88 Å². The molecule has 0 saturated carbocycles. The Hall–Kier alpha value is 0.240. The van der Waals surface area contributed by atoms with Crippen LogP contribution < -0.4 is 0 Å². The lowest BCUT2D eigenvalue weighted by Crippen LogP contribution is -1.87. The third-order valence-corrected chi connectivity index (χ3v) is 4.00. The van der Waals surface area contributed by atoms with E-state index in [-0.39, 0.29) is 0 Å². The van der Waals surface area contributed by atoms with E-state index in [4.69, 9.17) is 11.6 Å². The Morgan fingerprint density at radius 1 is 0.765 bits per heavy atom. The van der Waals surface area contributed by atoms with E-state index in [9.17, 15) is 0 Å². The van der Waals surface area contributed by atoms with E-state index < -0.39 is 0 Å². The van der Waals surface area contributed by atoms with E-state index in [1.54, 1.807) is 0 Å². The van der Waals surface area contributed by atoms with Crippen LogP contribution in [-0.4, -0.2) is 5.88 Å². The second kappa shape index (κ2) is 10.2. The van der Waals surface area contributed by atoms with Crippen LogP contribution >= 0.6 is 34.2 Å². The number of hydrogen-bond acceptors (Lipinski definition) is 0. The highest BCUT2D eigenvalue weighted by molar-refractivity contribution is 14.1. The van der Waals surface area contributed by atoms with Crippen LogP contribution in [0.2, 0.25) is 0 Å². The van der Waals surface area contributed by atoms with Gasteiger partial charge in [0, 0.05) is 9.45 Å². The number of hydrogen-bond donors (Lipinski definition) is 0. The van der Waals surface area contributed by atoms with Crippen molar-refractivity contribution >= 4 is 34.2 Å². The van der Waals surface area contributed by atoms with Gasteiger partial charge in [0.1, 0.15) is 0 Å². The normalized spacial score (nSPS) is 10.7. The Balaban J connectivity index is 1.95. The van der Waals surface area contributed by atoms with Crippen LogP contribution in [0.4, 0.5) is 0 Å². The summed E-state index contributed by atoms with van der Waals surface area (Å²) >= 11 is 8.00. The quantitative estimate of drug-likeness (QED) is 0.295. The van der Waals surface area contributed by atoms with Gasteiger partial charge in [-0.05, 0) is 59.5 Å². The molecule has 0 spiro atoms. The van der Waals surface area contributed by atoms with Gasteiger partial charge in [0.2, 0.25) is 0 Å². The zero-order valence-corrected chi connectivity index (χ0v) is 13.3. The fourth-order valence-corrected chi connectivity index (χ4v) is 2.51. The first-order valence-electron chi connectivity index (χ1n) is 6.63. The van der Waals surface area contributed by atoms with Gasteiger partial charge in [0.05, 0.1) is 0 Å². The van der Waals surface area contributed by atoms with Gasteiger partial charge < -0.3 is 0 Å². The van der Waals surface area contributed by atoms with E-state index in [0.29, 0.717) is 0 Å². The van der Waals surface area contributed by atoms with E-state index >= 15 is 0 Å². The maximum atomic E-state index is 5.64. The number of halogens is 2. The van der Waals surface area contributed by atoms with Crippen LogP contribution in [0.1, 0.15) is 50.5 Å². The van der Waals surface area contributed by atoms with Crippen molar-refractivity contribution in [2.24, 2.45) is 0 Å². The van der Waals surface area contributed by atoms with Crippen molar-refractivity contribution < 1.29 is 0 Å². The molecule has 0 radical (unpaired) electrons. The van der Waals surface area contributed by atoms with Gasteiger partial charge in [-0.3, -0.25) is 0 Å². The van der Waals surface area contributed by atoms with Crippen LogP contribution in [0.5, 0.6) is 0 Å². The predicted octanol–water partition coefficient (Wildman–Crippen LogP) is 5.80. The highest BCUT2D eigenvalue weighted by Crippen LogP contribution is 2.12. The lowest BCUT2D eigenvalue weighted by Gasteiger charge is -2.02. The lowest BCUT2D eigenvalue weighted by atomic mass is 10.0. The Morgan fingerprint density at radius 3 is 1.88 bits per heavy atom. The fourth-order valence-electron chi connectivity index (χ4n) is 1.96. The van der Waals surface area contributed by atoms with Crippen molar-refractivity contribution in [1.82, 2.24) is 0 Å². The Labute approximate surface area is 124 Å². The maximum absolute atomic E-state index is 5.64. The predicted molar refractivity (Wildman–Crippen MR) is 85.9 cm³/mol. The molecule has 0 amide bonds. The van der Waals surface area contributed by atoms with E-state index in [2.05, 4.69) is 46.9 Å². The second-order valence-corrected chi connectivity index (χ2v) is 6.16. The summed E-state index contributed by atoms with van der Waals surface area (Å²) in [6.45, 7) is 0. The summed E-state index contributed by atoms with van der Waals surface area (Å²) in [6.07, 6.45) is 10.5. The minimum Gasteiger partial charge on any atom is -0.127 e. The molecular formula is C15H22ClI. The van der Waals surface area contributed by atoms with Gasteiger partial charge in [-0.1, -0.05) is 44.2 Å². The molecule has 0 saturated heterocycles. The van der Waals surface area contributed by atoms with Gasteiger partial charge in [0.15, 0.2) is 0 Å². The van der Waals surface area contributed by atoms with Crippen LogP contribution in [0.15, 0.2) is 24.3 Å². The standard InChI is InChI=1S/C15H22ClI/c16-13-7-5-3-1-2-4-6-8-14-9-11-15(17)12-10-14/h9-12H,1-8,13H2. The molecule has 2 heteroatoms. The summed E-state index contributed by atoms with van der Waals surface area (Å²) in [7, 11) is 0. The van der Waals surface area contributed by atoms with Crippen molar-refractivity contribution in [3.05, 3.63) is 33.4 Å². The molecule has 0 aliphatic carbocycles. The Kier molecular flexibility index (Phi) is 9.17. The molecule has 0 unspecified atom stereocenters. The molecule has 0 heterocycles. The van der Waals surface area contributed by atoms with E-state index in [0.717, 1.165) is 5.88 Å². The molecule has 1 aromatic carbocycles. The van der Waals surface area contributed by atoms with Gasteiger partial charge in [0.25, 0.3) is 0 Å². The third-order valence-electron chi connectivity index (χ3n) is 3.01. The summed E-state index contributed by atoms with van der Waals surface area (Å²) in [6, 6.07) is 8.90. The first-order chi connectivity index (χ1) is 8.33. The van der Waals surface area contributed by atoms with Gasteiger partial charge in [-0.2, -0.15) is 0 Å². The van der Waals surface area contributed by atoms with Crippen molar-refractivity contribution in [1.29, 1.82) is 0 Å². The molecule has 0 bridgehead atoms. The Bertz CT molecular complexity index is 281. The first kappa shape index (κ1) is 15.3. The molecule has 0 aromatic heterocycles. The monoisotopic (exact) mass is 364 g/mol. The summed E-state index contributed by atoms with van der Waals surface area (Å²) in [5, 5.41) is 0. The molecule has 0 fully saturated rings. The fraction of sp³-hybridized carbons (Fsp3) is 0.600. The first-order valence-corrected chi connectivity index (χ1v) is 8.24. The van der Waals surface area contributed by atoms with Crippen molar-refractivity contribution in [2.45, 2.75) is 51.4 Å². The minimum atomic E-state index is 0.826. The van der Waals surface area contributed by atoms with Crippen LogP contribution in [-0.2, 0) is 6.42 Å². The summed E-state index contributed by atoms with van der Waals surface area (Å²) < 4.78 is 1.32. The van der Waals surface area contributed by atoms with E-state index in [1.807, 2.05) is 0 Å². The molecule has 0 aliphatic heterocycles. The average molecular weight is 365 g/mol. The molecule has 1 rings (SSSR count). The number of benzene rings is 1. The van der Waals surface area contributed by atoms with Crippen molar-refractivity contribution in [3.8, 4) is 0 Å². The second-order valence-electron chi connectivity index (χ2n) is 4.54. The summed E-state index contributed by atoms with van der Waals surface area (Å²) in [4.78, 5) is 0. The van der Waals surface area contributed by atoms with Gasteiger partial charge in [-0.25, -0.2) is 0 Å². The topological polar surface area (TPSA) is 0 Å². The van der Waals surface area contributed by atoms with Gasteiger partial charge >= 0.3 is 0 Å². The molecule has 1 aromatic rings. The summed E-state index contributed by atoms with van der Waals surface area (Å²) in [5.74, 6) is 0.826. The maximum Gasteiger partial charge on any atom is 0.0223 e. The minimum absolute atomic E-state index is 0.826. The highest BCUT2D eigenvalue weighted by atomic mass is 127. The number of rotatable bonds is 9. The highest BCUT2D eigenvalue weighted by Gasteiger charge is 1.94.